The van der Waals surface area contributed by atoms with Gasteiger partial charge >= 0.3 is 0 Å². The Hall–Kier alpha value is -2.91. The molecule has 1 heterocycles. The zero-order chi connectivity index (χ0) is 22.4. The highest BCUT2D eigenvalue weighted by Gasteiger charge is 2.29. The molecule has 8 nitrogen and oxygen atoms in total. The molecule has 2 aromatic rings. The van der Waals surface area contributed by atoms with Crippen molar-refractivity contribution in [3.05, 3.63) is 59.7 Å². The third kappa shape index (κ3) is 5.62. The van der Waals surface area contributed by atoms with Gasteiger partial charge < -0.3 is 15.0 Å². The van der Waals surface area contributed by atoms with Crippen LogP contribution in [0, 0.1) is 0 Å². The van der Waals surface area contributed by atoms with Gasteiger partial charge in [0.25, 0.3) is 5.91 Å². The highest BCUT2D eigenvalue weighted by atomic mass is 32.2. The number of sulfonamides is 1. The number of methoxy groups -OCH3 is 1. The van der Waals surface area contributed by atoms with Crippen molar-refractivity contribution < 1.29 is 22.7 Å². The number of amides is 2. The molecule has 0 bridgehead atoms. The van der Waals surface area contributed by atoms with Gasteiger partial charge in [0.2, 0.25) is 15.9 Å². The Labute approximate surface area is 182 Å². The molecule has 0 saturated carbocycles. The Balaban J connectivity index is 1.60. The van der Waals surface area contributed by atoms with Gasteiger partial charge in [0, 0.05) is 45.2 Å². The summed E-state index contributed by atoms with van der Waals surface area (Å²) in [6.45, 7) is 3.09. The van der Waals surface area contributed by atoms with Gasteiger partial charge in [0.05, 0.1) is 12.0 Å². The molecule has 1 saturated heterocycles. The summed E-state index contributed by atoms with van der Waals surface area (Å²) in [5, 5.41) is 2.83. The average Bonchev–Trinajstić information content (AvgIpc) is 2.79. The van der Waals surface area contributed by atoms with Gasteiger partial charge in [-0.15, -0.1) is 0 Å². The number of carbonyl (C=O) groups is 2. The number of nitrogens with zero attached hydrogens (tertiary/aromatic N) is 2. The second kappa shape index (κ2) is 9.93. The van der Waals surface area contributed by atoms with Crippen LogP contribution < -0.4 is 10.1 Å². The summed E-state index contributed by atoms with van der Waals surface area (Å²) < 4.78 is 32.4. The predicted octanol–water partition coefficient (Wildman–Crippen LogP) is 1.52. The zero-order valence-electron chi connectivity index (χ0n) is 17.7. The minimum Gasteiger partial charge on any atom is -0.497 e. The quantitative estimate of drug-likeness (QED) is 0.697. The lowest BCUT2D eigenvalue weighted by Crippen LogP contribution is -2.49. The van der Waals surface area contributed by atoms with Crippen LogP contribution >= 0.6 is 0 Å². The van der Waals surface area contributed by atoms with Crippen molar-refractivity contribution >= 4 is 21.8 Å². The molecule has 0 spiro atoms. The number of piperazine rings is 1. The fourth-order valence-corrected chi connectivity index (χ4v) is 4.87. The van der Waals surface area contributed by atoms with Crippen molar-refractivity contribution in [1.29, 1.82) is 0 Å². The molecule has 2 aromatic carbocycles. The maximum atomic E-state index is 13.0. The van der Waals surface area contributed by atoms with Gasteiger partial charge in [-0.2, -0.15) is 4.31 Å². The van der Waals surface area contributed by atoms with Gasteiger partial charge in [-0.1, -0.05) is 18.2 Å². The normalized spacial score (nSPS) is 14.8. The van der Waals surface area contributed by atoms with Crippen molar-refractivity contribution in [3.8, 4) is 5.75 Å². The molecule has 166 valence electrons. The van der Waals surface area contributed by atoms with E-state index in [0.717, 1.165) is 11.3 Å². The number of rotatable bonds is 7. The zero-order valence-corrected chi connectivity index (χ0v) is 18.5. The van der Waals surface area contributed by atoms with Crippen molar-refractivity contribution in [2.24, 2.45) is 0 Å². The van der Waals surface area contributed by atoms with Crippen LogP contribution in [-0.4, -0.2) is 69.3 Å². The van der Waals surface area contributed by atoms with Gasteiger partial charge in [0.15, 0.2) is 0 Å². The summed E-state index contributed by atoms with van der Waals surface area (Å²) in [7, 11) is -2.13. The second-order valence-corrected chi connectivity index (χ2v) is 9.23. The maximum absolute atomic E-state index is 13.0. The molecule has 9 heteroatoms. The lowest BCUT2D eigenvalue weighted by Gasteiger charge is -2.33. The molecular formula is C22H27N3O5S. The lowest BCUT2D eigenvalue weighted by atomic mass is 10.1. The van der Waals surface area contributed by atoms with Crippen molar-refractivity contribution in [1.82, 2.24) is 14.5 Å². The van der Waals surface area contributed by atoms with Crippen LogP contribution in [0.5, 0.6) is 5.75 Å². The first-order valence-corrected chi connectivity index (χ1v) is 11.5. The molecule has 0 aliphatic carbocycles. The predicted molar refractivity (Wildman–Crippen MR) is 116 cm³/mol. The van der Waals surface area contributed by atoms with Gasteiger partial charge in [-0.05, 0) is 42.3 Å². The Kier molecular flexibility index (Phi) is 7.29. The van der Waals surface area contributed by atoms with E-state index in [1.165, 1.54) is 23.4 Å². The van der Waals surface area contributed by atoms with Crippen LogP contribution in [0.25, 0.3) is 0 Å². The summed E-state index contributed by atoms with van der Waals surface area (Å²) in [5.41, 5.74) is 1.35. The first kappa shape index (κ1) is 22.8. The SMILES string of the molecule is COc1ccc(CCNC(=O)c2cccc(S(=O)(=O)N3CCN(C(C)=O)CC3)c2)cc1. The van der Waals surface area contributed by atoms with E-state index in [2.05, 4.69) is 5.32 Å². The molecule has 31 heavy (non-hydrogen) atoms. The summed E-state index contributed by atoms with van der Waals surface area (Å²) in [6, 6.07) is 13.6. The molecule has 0 atom stereocenters. The summed E-state index contributed by atoms with van der Waals surface area (Å²) in [6.07, 6.45) is 0.647. The summed E-state index contributed by atoms with van der Waals surface area (Å²) >= 11 is 0. The summed E-state index contributed by atoms with van der Waals surface area (Å²) in [5.74, 6) is 0.380. The highest BCUT2D eigenvalue weighted by Crippen LogP contribution is 2.19. The van der Waals surface area contributed by atoms with E-state index >= 15 is 0 Å². The van der Waals surface area contributed by atoms with Crippen molar-refractivity contribution in [2.75, 3.05) is 39.8 Å². The molecule has 0 aromatic heterocycles. The third-order valence-corrected chi connectivity index (χ3v) is 7.17. The van der Waals surface area contributed by atoms with E-state index in [-0.39, 0.29) is 35.4 Å². The molecule has 1 N–H and O–H groups in total. The van der Waals surface area contributed by atoms with Crippen LogP contribution in [0.3, 0.4) is 0 Å². The van der Waals surface area contributed by atoms with E-state index in [1.807, 2.05) is 24.3 Å². The molecule has 1 aliphatic heterocycles. The Bertz CT molecular complexity index is 1030. The minimum absolute atomic E-state index is 0.0645. The Morgan fingerprint density at radius 2 is 1.71 bits per heavy atom. The van der Waals surface area contributed by atoms with E-state index in [9.17, 15) is 18.0 Å². The fraction of sp³-hybridized carbons (Fsp3) is 0.364. The molecular weight excluding hydrogens is 418 g/mol. The lowest BCUT2D eigenvalue weighted by molar-refractivity contribution is -0.129. The molecule has 2 amide bonds. The Morgan fingerprint density at radius 3 is 2.32 bits per heavy atom. The topological polar surface area (TPSA) is 96.0 Å². The van der Waals surface area contributed by atoms with Crippen LogP contribution in [0.4, 0.5) is 0 Å². The molecule has 1 aliphatic rings. The van der Waals surface area contributed by atoms with Crippen molar-refractivity contribution in [2.45, 2.75) is 18.2 Å². The van der Waals surface area contributed by atoms with E-state index in [1.54, 1.807) is 24.1 Å². The van der Waals surface area contributed by atoms with E-state index in [0.29, 0.717) is 26.1 Å². The Morgan fingerprint density at radius 1 is 1.03 bits per heavy atom. The van der Waals surface area contributed by atoms with Crippen molar-refractivity contribution in [3.63, 3.8) is 0 Å². The number of carbonyl (C=O) groups excluding carboxylic acids is 2. The van der Waals surface area contributed by atoms with Gasteiger partial charge in [-0.25, -0.2) is 8.42 Å². The smallest absolute Gasteiger partial charge is 0.251 e. The highest BCUT2D eigenvalue weighted by molar-refractivity contribution is 7.89. The molecule has 1 fully saturated rings. The first-order chi connectivity index (χ1) is 14.8. The van der Waals surface area contributed by atoms with Crippen LogP contribution in [0.1, 0.15) is 22.8 Å². The molecule has 0 unspecified atom stereocenters. The number of ether oxygens (including phenoxy) is 1. The largest absolute Gasteiger partial charge is 0.497 e. The van der Waals surface area contributed by atoms with Crippen LogP contribution in [0.2, 0.25) is 0 Å². The van der Waals surface area contributed by atoms with E-state index in [4.69, 9.17) is 4.74 Å². The van der Waals surface area contributed by atoms with Gasteiger partial charge in [0.1, 0.15) is 5.75 Å². The monoisotopic (exact) mass is 445 g/mol. The van der Waals surface area contributed by atoms with E-state index < -0.39 is 10.0 Å². The molecule has 3 rings (SSSR count). The standard InChI is InChI=1S/C22H27N3O5S/c1-17(26)24-12-14-25(15-13-24)31(28,29)21-5-3-4-19(16-21)22(27)23-11-10-18-6-8-20(30-2)9-7-18/h3-9,16H,10-15H2,1-2H3,(H,23,27). The first-order valence-electron chi connectivity index (χ1n) is 10.1. The van der Waals surface area contributed by atoms with Gasteiger partial charge in [-0.3, -0.25) is 9.59 Å². The third-order valence-electron chi connectivity index (χ3n) is 5.28. The minimum atomic E-state index is -3.73. The number of hydrogen-bond donors (Lipinski definition) is 1. The maximum Gasteiger partial charge on any atom is 0.251 e. The number of benzene rings is 2. The van der Waals surface area contributed by atoms with Crippen LogP contribution in [0.15, 0.2) is 53.4 Å². The second-order valence-electron chi connectivity index (χ2n) is 7.29. The number of hydrogen-bond acceptors (Lipinski definition) is 5. The number of nitrogens with one attached hydrogen (secondary N) is 1. The summed E-state index contributed by atoms with van der Waals surface area (Å²) in [4.78, 5) is 25.7. The molecule has 0 radical (unpaired) electrons. The van der Waals surface area contributed by atoms with Crippen LogP contribution in [-0.2, 0) is 21.2 Å². The fourth-order valence-electron chi connectivity index (χ4n) is 3.40. The average molecular weight is 446 g/mol.